The number of amides is 2. The van der Waals surface area contributed by atoms with E-state index in [0.717, 1.165) is 45.5 Å². The number of benzene rings is 2. The molecule has 0 radical (unpaired) electrons. The maximum Gasteiger partial charge on any atom is 0.251 e. The third-order valence-electron chi connectivity index (χ3n) is 5.85. The normalized spacial score (nSPS) is 10.9. The minimum absolute atomic E-state index is 0.109. The van der Waals surface area contributed by atoms with Crippen LogP contribution in [0.3, 0.4) is 0 Å². The number of aryl methyl sites for hydroxylation is 2. The number of hydrogen-bond donors (Lipinski definition) is 2. The van der Waals surface area contributed by atoms with Gasteiger partial charge < -0.3 is 10.1 Å². The van der Waals surface area contributed by atoms with Crippen LogP contribution >= 0.6 is 34.9 Å². The molecule has 0 aliphatic heterocycles. The van der Waals surface area contributed by atoms with Crippen molar-refractivity contribution in [2.24, 2.45) is 0 Å². The van der Waals surface area contributed by atoms with Crippen molar-refractivity contribution in [3.8, 4) is 11.4 Å². The number of hydrogen-bond acceptors (Lipinski definition) is 10. The number of aromatic nitrogens is 5. The Bertz CT molecular complexity index is 1470. The zero-order chi connectivity index (χ0) is 29.2. The quantitative estimate of drug-likeness (QED) is 0.105. The molecule has 41 heavy (non-hydrogen) atoms. The molecular formula is C28H33N7O3S3. The van der Waals surface area contributed by atoms with Gasteiger partial charge in [0.2, 0.25) is 11.0 Å². The Hall–Kier alpha value is -3.42. The largest absolute Gasteiger partial charge is 0.494 e. The number of ether oxygens (including phenoxy) is 1. The van der Waals surface area contributed by atoms with Crippen LogP contribution in [0.25, 0.3) is 5.69 Å². The zero-order valence-electron chi connectivity index (χ0n) is 23.5. The highest BCUT2D eigenvalue weighted by Gasteiger charge is 2.19. The molecule has 0 saturated heterocycles. The Balaban J connectivity index is 1.46. The van der Waals surface area contributed by atoms with E-state index in [4.69, 9.17) is 4.74 Å². The van der Waals surface area contributed by atoms with E-state index in [1.165, 1.54) is 23.1 Å². The summed E-state index contributed by atoms with van der Waals surface area (Å²) < 4.78 is 8.40. The number of nitrogens with zero attached hydrogens (tertiary/aromatic N) is 5. The highest BCUT2D eigenvalue weighted by atomic mass is 32.2. The van der Waals surface area contributed by atoms with E-state index in [9.17, 15) is 9.59 Å². The molecular weight excluding hydrogens is 579 g/mol. The summed E-state index contributed by atoms with van der Waals surface area (Å²) >= 11 is 4.19. The molecule has 4 aromatic rings. The average Bonchev–Trinajstić information content (AvgIpc) is 3.59. The van der Waals surface area contributed by atoms with Crippen molar-refractivity contribution in [1.29, 1.82) is 0 Å². The van der Waals surface area contributed by atoms with Gasteiger partial charge in [0.05, 0.1) is 24.6 Å². The molecule has 2 aromatic carbocycles. The van der Waals surface area contributed by atoms with E-state index in [1.54, 1.807) is 36.0 Å². The van der Waals surface area contributed by atoms with Crippen molar-refractivity contribution >= 4 is 51.8 Å². The molecule has 0 fully saturated rings. The Morgan fingerprint density at radius 3 is 2.56 bits per heavy atom. The maximum absolute atomic E-state index is 12.9. The number of nitrogens with one attached hydrogen (secondary N) is 2. The Kier molecular flexibility index (Phi) is 11.2. The van der Waals surface area contributed by atoms with E-state index in [0.29, 0.717) is 28.3 Å². The molecule has 216 valence electrons. The van der Waals surface area contributed by atoms with E-state index >= 15 is 0 Å². The molecule has 2 aromatic heterocycles. The van der Waals surface area contributed by atoms with Crippen LogP contribution in [-0.2, 0) is 11.3 Å². The van der Waals surface area contributed by atoms with Gasteiger partial charge in [0, 0.05) is 5.56 Å². The van der Waals surface area contributed by atoms with E-state index < -0.39 is 0 Å². The maximum atomic E-state index is 12.9. The third-order valence-corrected chi connectivity index (χ3v) is 8.63. The molecule has 13 heteroatoms. The summed E-state index contributed by atoms with van der Waals surface area (Å²) in [6, 6.07) is 13.2. The van der Waals surface area contributed by atoms with Gasteiger partial charge in [-0.15, -0.1) is 20.4 Å². The summed E-state index contributed by atoms with van der Waals surface area (Å²) in [7, 11) is 0. The third kappa shape index (κ3) is 8.54. The Morgan fingerprint density at radius 1 is 1.00 bits per heavy atom. The lowest BCUT2D eigenvalue weighted by molar-refractivity contribution is -0.113. The summed E-state index contributed by atoms with van der Waals surface area (Å²) in [5, 5.41) is 23.6. The van der Waals surface area contributed by atoms with Crippen molar-refractivity contribution in [3.05, 3.63) is 65.0 Å². The molecule has 2 amide bonds. The summed E-state index contributed by atoms with van der Waals surface area (Å²) in [6.07, 6.45) is 2.04. The van der Waals surface area contributed by atoms with Crippen LogP contribution in [0.2, 0.25) is 0 Å². The van der Waals surface area contributed by atoms with Gasteiger partial charge in [0.15, 0.2) is 15.3 Å². The van der Waals surface area contributed by atoms with Crippen LogP contribution < -0.4 is 15.4 Å². The lowest BCUT2D eigenvalue weighted by Gasteiger charge is -2.14. The first-order valence-electron chi connectivity index (χ1n) is 13.3. The van der Waals surface area contributed by atoms with Crippen LogP contribution in [0.1, 0.15) is 54.0 Å². The topological polar surface area (TPSA) is 124 Å². The highest BCUT2D eigenvalue weighted by molar-refractivity contribution is 8.01. The molecule has 0 aliphatic carbocycles. The van der Waals surface area contributed by atoms with E-state index in [1.807, 2.05) is 43.5 Å². The van der Waals surface area contributed by atoms with Crippen molar-refractivity contribution in [1.82, 2.24) is 30.3 Å². The highest BCUT2D eigenvalue weighted by Crippen LogP contribution is 2.27. The minimum Gasteiger partial charge on any atom is -0.494 e. The number of thioether (sulfide) groups is 2. The van der Waals surface area contributed by atoms with E-state index in [-0.39, 0.29) is 24.1 Å². The number of rotatable bonds is 14. The lowest BCUT2D eigenvalue weighted by atomic mass is 10.1. The monoisotopic (exact) mass is 611 g/mol. The van der Waals surface area contributed by atoms with Gasteiger partial charge in [-0.1, -0.05) is 67.3 Å². The van der Waals surface area contributed by atoms with Gasteiger partial charge in [0.25, 0.3) is 5.91 Å². The lowest BCUT2D eigenvalue weighted by Crippen LogP contribution is -2.24. The average molecular weight is 612 g/mol. The summed E-state index contributed by atoms with van der Waals surface area (Å²) in [5.74, 6) is 1.84. The molecule has 0 aliphatic rings. The van der Waals surface area contributed by atoms with Gasteiger partial charge in [-0.2, -0.15) is 0 Å². The van der Waals surface area contributed by atoms with Crippen LogP contribution in [-0.4, -0.2) is 54.9 Å². The molecule has 2 N–H and O–H groups in total. The zero-order valence-corrected chi connectivity index (χ0v) is 25.9. The number of anilines is 1. The fourth-order valence-corrected chi connectivity index (χ4v) is 6.17. The predicted octanol–water partition coefficient (Wildman–Crippen LogP) is 5.69. The van der Waals surface area contributed by atoms with Gasteiger partial charge in [-0.05, 0) is 67.5 Å². The first-order valence-corrected chi connectivity index (χ1v) is 16.1. The molecule has 0 saturated carbocycles. The smallest absolute Gasteiger partial charge is 0.251 e. The molecule has 0 spiro atoms. The van der Waals surface area contributed by atoms with E-state index in [2.05, 4.69) is 38.0 Å². The molecule has 10 nitrogen and oxygen atoms in total. The first-order chi connectivity index (χ1) is 19.9. The first kappa shape index (κ1) is 30.5. The van der Waals surface area contributed by atoms with Crippen LogP contribution in [0.15, 0.2) is 52.0 Å². The fourth-order valence-electron chi connectivity index (χ4n) is 3.74. The van der Waals surface area contributed by atoms with Gasteiger partial charge in [-0.25, -0.2) is 0 Å². The second-order valence-corrected chi connectivity index (χ2v) is 12.5. The standard InChI is InChI=1S/C28H33N7O3S3/c1-5-7-14-38-21-12-10-20(11-13-21)25(37)29-16-23-31-33-27(35(23)22-15-18(3)8-9-19(22)4)40-17-24(36)30-26-32-34-28(41-26)39-6-2/h8-13,15H,5-7,14,16-17H2,1-4H3,(H,29,37)(H,30,32,36). The van der Waals surface area contributed by atoms with Gasteiger partial charge in [-0.3, -0.25) is 19.5 Å². The Morgan fingerprint density at radius 2 is 1.80 bits per heavy atom. The minimum atomic E-state index is -0.230. The SMILES string of the molecule is CCCCOc1ccc(C(=O)NCc2nnc(SCC(=O)Nc3nnc(SCC)s3)n2-c2cc(C)ccc2C)cc1. The second-order valence-electron chi connectivity index (χ2n) is 9.08. The van der Waals surface area contributed by atoms with Crippen molar-refractivity contribution in [2.45, 2.75) is 56.6 Å². The van der Waals surface area contributed by atoms with Crippen LogP contribution in [0.5, 0.6) is 5.75 Å². The van der Waals surface area contributed by atoms with Crippen LogP contribution in [0, 0.1) is 13.8 Å². The van der Waals surface area contributed by atoms with Gasteiger partial charge in [0.1, 0.15) is 5.75 Å². The second kappa shape index (κ2) is 15.0. The summed E-state index contributed by atoms with van der Waals surface area (Å²) in [6.45, 7) is 8.97. The van der Waals surface area contributed by atoms with Crippen LogP contribution in [0.4, 0.5) is 5.13 Å². The van der Waals surface area contributed by atoms with Crippen molar-refractivity contribution < 1.29 is 14.3 Å². The molecule has 2 heterocycles. The summed E-state index contributed by atoms with van der Waals surface area (Å²) in [4.78, 5) is 25.6. The van der Waals surface area contributed by atoms with Crippen molar-refractivity contribution in [2.75, 3.05) is 23.4 Å². The predicted molar refractivity (Wildman–Crippen MR) is 165 cm³/mol. The number of unbranched alkanes of at least 4 members (excludes halogenated alkanes) is 1. The number of carbonyl (C=O) groups excluding carboxylic acids is 2. The number of carbonyl (C=O) groups is 2. The molecule has 4 rings (SSSR count). The summed E-state index contributed by atoms with van der Waals surface area (Å²) in [5.41, 5.74) is 3.50. The molecule has 0 atom stereocenters. The molecule has 0 unspecified atom stereocenters. The Labute approximate surface area is 252 Å². The molecule has 0 bridgehead atoms. The van der Waals surface area contributed by atoms with Gasteiger partial charge >= 0.3 is 0 Å². The van der Waals surface area contributed by atoms with Crippen molar-refractivity contribution in [3.63, 3.8) is 0 Å². The fraction of sp³-hybridized carbons (Fsp3) is 0.357.